The zero-order valence-corrected chi connectivity index (χ0v) is 33.6. The molecule has 0 amide bonds. The average Bonchev–Trinajstić information content (AvgIpc) is 3.76. The molecule has 2 saturated carbocycles. The van der Waals surface area contributed by atoms with Gasteiger partial charge in [-0.2, -0.15) is 0 Å². The van der Waals surface area contributed by atoms with Crippen molar-refractivity contribution in [2.24, 2.45) is 5.92 Å². The van der Waals surface area contributed by atoms with Crippen LogP contribution in [0, 0.1) is 31.9 Å². The van der Waals surface area contributed by atoms with Crippen LogP contribution in [-0.2, 0) is 26.5 Å². The van der Waals surface area contributed by atoms with Gasteiger partial charge in [0.1, 0.15) is 0 Å². The van der Waals surface area contributed by atoms with Crippen LogP contribution >= 0.6 is 0 Å². The molecular weight excluding hydrogens is 807 g/mol. The summed E-state index contributed by atoms with van der Waals surface area (Å²) >= 11 is 0. The number of rotatable bonds is 6. The van der Waals surface area contributed by atoms with E-state index in [0.29, 0.717) is 5.71 Å². The van der Waals surface area contributed by atoms with Crippen molar-refractivity contribution in [1.29, 1.82) is 0 Å². The van der Waals surface area contributed by atoms with Crippen LogP contribution in [0.2, 0.25) is 19.6 Å². The van der Waals surface area contributed by atoms with E-state index in [9.17, 15) is 0 Å². The SMILES string of the molecule is C[Si](C)(C)c1cnc(-c2[c-]cccc2)cc1C1CCCCC1.Cc1ccc2c(n1)oc1c[c-]c(-c3cc(C)c(CC4CCCC4)cn3)cc12.[Ir]. The summed E-state index contributed by atoms with van der Waals surface area (Å²) in [5, 5.41) is 3.67. The van der Waals surface area contributed by atoms with Crippen molar-refractivity contribution < 1.29 is 24.5 Å². The molecule has 0 bridgehead atoms. The molecule has 0 unspecified atom stereocenters. The molecule has 2 fully saturated rings. The summed E-state index contributed by atoms with van der Waals surface area (Å²) in [5.74, 6) is 1.58. The quantitative estimate of drug-likeness (QED) is 0.124. The number of fused-ring (bicyclic) bond motifs is 3. The molecule has 50 heavy (non-hydrogen) atoms. The molecule has 2 aliphatic rings. The fraction of sp³-hybridized carbons (Fsp3) is 0.386. The summed E-state index contributed by atoms with van der Waals surface area (Å²) in [6.45, 7) is 11.5. The second-order valence-electron chi connectivity index (χ2n) is 15.4. The molecule has 6 heteroatoms. The van der Waals surface area contributed by atoms with Crippen LogP contribution in [0.5, 0.6) is 0 Å². The Hall–Kier alpha value is -3.44. The van der Waals surface area contributed by atoms with E-state index in [2.05, 4.69) is 92.5 Å². The number of nitrogens with zero attached hydrogens (tertiary/aromatic N) is 3. The minimum absolute atomic E-state index is 0. The standard InChI is InChI=1S/C24H23N2O.C20H26NSi.Ir/c1-15-11-22(25-14-19(15)12-17-5-3-4-6-17)18-8-10-23-21(13-18)20-9-7-16(2)26-24(20)27-23;1-22(2,3)20-15-21-19(17-12-8-5-9-13-17)14-18(20)16-10-6-4-7-11-16;/h7,9-11,13-14,17H,3-6,12H2,1-2H3;5,8-9,12,14-16H,4,6-7,10-11H2,1-3H3;/q2*-1;. The first-order chi connectivity index (χ1) is 23.7. The summed E-state index contributed by atoms with van der Waals surface area (Å²) in [7, 11) is -1.36. The van der Waals surface area contributed by atoms with E-state index in [1.807, 2.05) is 31.2 Å². The first-order valence-electron chi connectivity index (χ1n) is 18.4. The zero-order chi connectivity index (χ0) is 34.0. The van der Waals surface area contributed by atoms with Gasteiger partial charge in [-0.1, -0.05) is 93.2 Å². The molecule has 2 aromatic carbocycles. The van der Waals surface area contributed by atoms with Gasteiger partial charge in [0.25, 0.3) is 0 Å². The molecule has 8 rings (SSSR count). The predicted molar refractivity (Wildman–Crippen MR) is 206 cm³/mol. The van der Waals surface area contributed by atoms with Gasteiger partial charge in [-0.15, -0.1) is 59.7 Å². The number of benzene rings is 2. The normalized spacial score (nSPS) is 15.5. The van der Waals surface area contributed by atoms with Gasteiger partial charge in [0, 0.05) is 43.6 Å². The molecule has 1 radical (unpaired) electrons. The largest absolute Gasteiger partial charge is 0.486 e. The maximum absolute atomic E-state index is 5.88. The van der Waals surface area contributed by atoms with Gasteiger partial charge in [-0.05, 0) is 79.2 Å². The summed E-state index contributed by atoms with van der Waals surface area (Å²) in [5.41, 5.74) is 10.9. The van der Waals surface area contributed by atoms with E-state index in [-0.39, 0.29) is 20.1 Å². The minimum atomic E-state index is -1.36. The number of furan rings is 1. The van der Waals surface area contributed by atoms with Crippen LogP contribution in [0.15, 0.2) is 77.5 Å². The Morgan fingerprint density at radius 1 is 0.780 bits per heavy atom. The number of aryl methyl sites for hydroxylation is 2. The number of aromatic nitrogens is 3. The molecule has 4 nitrogen and oxygen atoms in total. The molecule has 2 aliphatic carbocycles. The number of pyridine rings is 3. The summed E-state index contributed by atoms with van der Waals surface area (Å²) < 4.78 is 5.88. The molecule has 0 aliphatic heterocycles. The number of hydrogen-bond donors (Lipinski definition) is 0. The number of hydrogen-bond acceptors (Lipinski definition) is 4. The fourth-order valence-electron chi connectivity index (χ4n) is 7.86. The van der Waals surface area contributed by atoms with Gasteiger partial charge in [0.2, 0.25) is 5.71 Å². The van der Waals surface area contributed by atoms with Gasteiger partial charge >= 0.3 is 0 Å². The van der Waals surface area contributed by atoms with E-state index in [1.165, 1.54) is 75.3 Å². The molecule has 0 atom stereocenters. The average molecular weight is 856 g/mol. The van der Waals surface area contributed by atoms with Crippen LogP contribution in [-0.4, -0.2) is 23.0 Å². The van der Waals surface area contributed by atoms with Crippen LogP contribution in [0.1, 0.15) is 86.1 Å². The maximum Gasteiger partial charge on any atom is 0.216 e. The molecule has 0 saturated heterocycles. The van der Waals surface area contributed by atoms with Crippen molar-refractivity contribution in [1.82, 2.24) is 15.0 Å². The third-order valence-corrected chi connectivity index (χ3v) is 12.7. The third kappa shape index (κ3) is 8.20. The summed E-state index contributed by atoms with van der Waals surface area (Å²) in [6, 6.07) is 27.5. The van der Waals surface area contributed by atoms with E-state index >= 15 is 0 Å². The fourth-order valence-corrected chi connectivity index (χ4v) is 9.45. The van der Waals surface area contributed by atoms with Gasteiger partial charge in [0.05, 0.1) is 13.7 Å². The molecule has 6 aromatic rings. The Balaban J connectivity index is 0.000000173. The van der Waals surface area contributed by atoms with Crippen molar-refractivity contribution in [3.8, 4) is 22.5 Å². The minimum Gasteiger partial charge on any atom is -0.486 e. The Morgan fingerprint density at radius 2 is 1.52 bits per heavy atom. The Kier molecular flexibility index (Phi) is 11.5. The van der Waals surface area contributed by atoms with Crippen LogP contribution in [0.25, 0.3) is 44.6 Å². The van der Waals surface area contributed by atoms with E-state index in [0.717, 1.165) is 56.4 Å². The van der Waals surface area contributed by atoms with E-state index in [4.69, 9.17) is 14.4 Å². The second-order valence-corrected chi connectivity index (χ2v) is 20.4. The van der Waals surface area contributed by atoms with Gasteiger partial charge in [-0.3, -0.25) is 0 Å². The second kappa shape index (κ2) is 15.8. The first-order valence-corrected chi connectivity index (χ1v) is 21.9. The van der Waals surface area contributed by atoms with Crippen LogP contribution in [0.3, 0.4) is 0 Å². The smallest absolute Gasteiger partial charge is 0.216 e. The van der Waals surface area contributed by atoms with Crippen LogP contribution in [0.4, 0.5) is 0 Å². The van der Waals surface area contributed by atoms with Crippen molar-refractivity contribution in [2.75, 3.05) is 0 Å². The third-order valence-electron chi connectivity index (χ3n) is 10.7. The van der Waals surface area contributed by atoms with Gasteiger partial charge in [-0.25, -0.2) is 4.98 Å². The van der Waals surface area contributed by atoms with E-state index < -0.39 is 8.07 Å². The summed E-state index contributed by atoms with van der Waals surface area (Å²) in [6.07, 6.45) is 17.8. The molecule has 261 valence electrons. The Bertz CT molecular complexity index is 2050. The molecule has 0 spiro atoms. The van der Waals surface area contributed by atoms with Crippen molar-refractivity contribution >= 4 is 35.3 Å². The van der Waals surface area contributed by atoms with Gasteiger partial charge in [0.15, 0.2) is 0 Å². The van der Waals surface area contributed by atoms with Crippen molar-refractivity contribution in [3.63, 3.8) is 0 Å². The molecular formula is C44H49IrN3OSi-2. The van der Waals surface area contributed by atoms with Gasteiger partial charge < -0.3 is 14.4 Å². The zero-order valence-electron chi connectivity index (χ0n) is 30.2. The topological polar surface area (TPSA) is 51.8 Å². The Labute approximate surface area is 312 Å². The van der Waals surface area contributed by atoms with Crippen LogP contribution < -0.4 is 5.19 Å². The monoisotopic (exact) mass is 856 g/mol. The van der Waals surface area contributed by atoms with E-state index in [1.54, 1.807) is 10.8 Å². The molecule has 4 heterocycles. The first kappa shape index (κ1) is 36.4. The molecule has 4 aromatic heterocycles. The predicted octanol–water partition coefficient (Wildman–Crippen LogP) is 11.3. The Morgan fingerprint density at radius 3 is 2.24 bits per heavy atom. The maximum atomic E-state index is 5.88. The summed E-state index contributed by atoms with van der Waals surface area (Å²) in [4.78, 5) is 14.0. The van der Waals surface area contributed by atoms with Crippen molar-refractivity contribution in [2.45, 2.75) is 104 Å². The van der Waals surface area contributed by atoms with Crippen molar-refractivity contribution in [3.05, 3.63) is 108 Å². The molecule has 0 N–H and O–H groups in total.